The van der Waals surface area contributed by atoms with Crippen LogP contribution in [0, 0.1) is 0 Å². The molecule has 1 aliphatic carbocycles. The van der Waals surface area contributed by atoms with Crippen molar-refractivity contribution in [3.05, 3.63) is 29.8 Å². The summed E-state index contributed by atoms with van der Waals surface area (Å²) in [5.74, 6) is -1.85. The third kappa shape index (κ3) is 2.97. The number of amides is 1. The Hall–Kier alpha value is -1.93. The number of nitrogens with zero attached hydrogens (tertiary/aromatic N) is 1. The van der Waals surface area contributed by atoms with E-state index in [-0.39, 0.29) is 16.5 Å². The molecule has 8 heteroatoms. The molecule has 7 nitrogen and oxygen atoms in total. The molecular weight excluding hydrogens is 284 g/mol. The first kappa shape index (κ1) is 14.5. The first-order chi connectivity index (χ1) is 9.32. The average Bonchev–Trinajstić information content (AvgIpc) is 3.20. The maximum Gasteiger partial charge on any atom is 0.318 e. The van der Waals surface area contributed by atoms with Gasteiger partial charge in [-0.15, -0.1) is 0 Å². The molecule has 0 bridgehead atoms. The molecule has 1 fully saturated rings. The molecule has 0 aromatic heterocycles. The van der Waals surface area contributed by atoms with E-state index in [1.807, 2.05) is 0 Å². The van der Waals surface area contributed by atoms with Crippen LogP contribution in [0.25, 0.3) is 0 Å². The van der Waals surface area contributed by atoms with Crippen LogP contribution in [0.15, 0.2) is 29.2 Å². The van der Waals surface area contributed by atoms with E-state index in [4.69, 9.17) is 10.8 Å². The van der Waals surface area contributed by atoms with Gasteiger partial charge in [0.15, 0.2) is 0 Å². The molecule has 0 unspecified atom stereocenters. The van der Waals surface area contributed by atoms with Crippen molar-refractivity contribution in [1.82, 2.24) is 4.31 Å². The van der Waals surface area contributed by atoms with Crippen LogP contribution in [0.3, 0.4) is 0 Å². The molecule has 0 saturated heterocycles. The largest absolute Gasteiger partial charge is 0.480 e. The fraction of sp³-hybridized carbons (Fsp3) is 0.333. The number of hydrogen-bond donors (Lipinski definition) is 2. The first-order valence-corrected chi connectivity index (χ1v) is 7.40. The standard InChI is InChI=1S/C12H14N2O5S/c13-12(17)8-1-5-10(6-2-8)20(18,19)14(7-11(15)16)9-3-4-9/h1-2,5-6,9H,3-4,7H2,(H2,13,17)(H,15,16). The Labute approximate surface area is 116 Å². The summed E-state index contributed by atoms with van der Waals surface area (Å²) in [5.41, 5.74) is 5.27. The number of carboxylic acid groups (broad SMARTS) is 1. The van der Waals surface area contributed by atoms with Crippen molar-refractivity contribution in [2.75, 3.05) is 6.54 Å². The highest BCUT2D eigenvalue weighted by atomic mass is 32.2. The fourth-order valence-electron chi connectivity index (χ4n) is 1.83. The van der Waals surface area contributed by atoms with E-state index in [2.05, 4.69) is 0 Å². The van der Waals surface area contributed by atoms with Gasteiger partial charge in [0, 0.05) is 11.6 Å². The molecule has 1 aliphatic rings. The Bertz CT molecular complexity index is 634. The lowest BCUT2D eigenvalue weighted by Crippen LogP contribution is -2.37. The summed E-state index contributed by atoms with van der Waals surface area (Å²) in [4.78, 5) is 21.7. The molecular formula is C12H14N2O5S. The summed E-state index contributed by atoms with van der Waals surface area (Å²) in [7, 11) is -3.87. The lowest BCUT2D eigenvalue weighted by atomic mass is 10.2. The lowest BCUT2D eigenvalue weighted by Gasteiger charge is -2.19. The molecule has 108 valence electrons. The van der Waals surface area contributed by atoms with Crippen molar-refractivity contribution in [1.29, 1.82) is 0 Å². The number of benzene rings is 1. The Morgan fingerprint density at radius 3 is 2.20 bits per heavy atom. The quantitative estimate of drug-likeness (QED) is 0.767. The van der Waals surface area contributed by atoms with E-state index in [1.54, 1.807) is 0 Å². The number of carboxylic acids is 1. The van der Waals surface area contributed by atoms with E-state index in [9.17, 15) is 18.0 Å². The highest BCUT2D eigenvalue weighted by Gasteiger charge is 2.39. The van der Waals surface area contributed by atoms with Gasteiger partial charge in [0.05, 0.1) is 4.90 Å². The minimum absolute atomic E-state index is 0.0457. The third-order valence-corrected chi connectivity index (χ3v) is 4.90. The second-order valence-electron chi connectivity index (χ2n) is 4.56. The molecule has 0 heterocycles. The Balaban J connectivity index is 2.32. The number of carbonyl (C=O) groups excluding carboxylic acids is 1. The summed E-state index contributed by atoms with van der Waals surface area (Å²) in [5, 5.41) is 8.82. The summed E-state index contributed by atoms with van der Waals surface area (Å²) in [6, 6.07) is 4.87. The van der Waals surface area contributed by atoms with Crippen molar-refractivity contribution in [3.8, 4) is 0 Å². The van der Waals surface area contributed by atoms with Gasteiger partial charge in [-0.3, -0.25) is 9.59 Å². The summed E-state index contributed by atoms with van der Waals surface area (Å²) < 4.78 is 25.7. The number of hydrogen-bond acceptors (Lipinski definition) is 4. The van der Waals surface area contributed by atoms with Gasteiger partial charge in [0.25, 0.3) is 0 Å². The van der Waals surface area contributed by atoms with Crippen molar-refractivity contribution < 1.29 is 23.1 Å². The summed E-state index contributed by atoms with van der Waals surface area (Å²) in [6.45, 7) is -0.565. The highest BCUT2D eigenvalue weighted by molar-refractivity contribution is 7.89. The second-order valence-corrected chi connectivity index (χ2v) is 6.45. The van der Waals surface area contributed by atoms with Gasteiger partial charge in [-0.25, -0.2) is 8.42 Å². The second kappa shape index (κ2) is 5.22. The molecule has 0 aliphatic heterocycles. The Morgan fingerprint density at radius 2 is 1.80 bits per heavy atom. The van der Waals surface area contributed by atoms with Crippen LogP contribution >= 0.6 is 0 Å². The van der Waals surface area contributed by atoms with Crippen LogP contribution in [0.5, 0.6) is 0 Å². The maximum atomic E-state index is 12.4. The average molecular weight is 298 g/mol. The van der Waals surface area contributed by atoms with Gasteiger partial charge in [-0.2, -0.15) is 4.31 Å². The number of primary amides is 1. The van der Waals surface area contributed by atoms with Crippen molar-refractivity contribution in [2.24, 2.45) is 5.73 Å². The predicted octanol–water partition coefficient (Wildman–Crippen LogP) is 0.0232. The Morgan fingerprint density at radius 1 is 1.25 bits per heavy atom. The van der Waals surface area contributed by atoms with Gasteiger partial charge in [-0.1, -0.05) is 0 Å². The van der Waals surface area contributed by atoms with Gasteiger partial charge in [0.2, 0.25) is 15.9 Å². The number of sulfonamides is 1. The zero-order valence-corrected chi connectivity index (χ0v) is 11.3. The number of carbonyl (C=O) groups is 2. The summed E-state index contributed by atoms with van der Waals surface area (Å²) in [6.07, 6.45) is 1.32. The monoisotopic (exact) mass is 298 g/mol. The van der Waals surface area contributed by atoms with Crippen LogP contribution in [0.2, 0.25) is 0 Å². The van der Waals surface area contributed by atoms with Crippen LogP contribution < -0.4 is 5.73 Å². The molecule has 1 saturated carbocycles. The summed E-state index contributed by atoms with van der Waals surface area (Å²) >= 11 is 0. The molecule has 1 aromatic carbocycles. The molecule has 1 amide bonds. The van der Waals surface area contributed by atoms with E-state index in [1.165, 1.54) is 24.3 Å². The highest BCUT2D eigenvalue weighted by Crippen LogP contribution is 2.31. The van der Waals surface area contributed by atoms with Crippen molar-refractivity contribution >= 4 is 21.9 Å². The number of nitrogens with two attached hydrogens (primary N) is 1. The SMILES string of the molecule is NC(=O)c1ccc(S(=O)(=O)N(CC(=O)O)C2CC2)cc1. The number of rotatable bonds is 6. The molecule has 0 radical (unpaired) electrons. The Kier molecular flexibility index (Phi) is 3.78. The van der Waals surface area contributed by atoms with E-state index >= 15 is 0 Å². The van der Waals surface area contributed by atoms with Gasteiger partial charge in [-0.05, 0) is 37.1 Å². The predicted molar refractivity (Wildman–Crippen MR) is 69.5 cm³/mol. The van der Waals surface area contributed by atoms with E-state index in [0.717, 1.165) is 4.31 Å². The van der Waals surface area contributed by atoms with Crippen LogP contribution in [-0.4, -0.2) is 42.3 Å². The zero-order chi connectivity index (χ0) is 14.9. The minimum Gasteiger partial charge on any atom is -0.480 e. The molecule has 20 heavy (non-hydrogen) atoms. The number of aliphatic carboxylic acids is 1. The van der Waals surface area contributed by atoms with E-state index < -0.39 is 28.4 Å². The maximum absolute atomic E-state index is 12.4. The van der Waals surface area contributed by atoms with Gasteiger partial charge in [0.1, 0.15) is 6.54 Å². The minimum atomic E-state index is -3.87. The van der Waals surface area contributed by atoms with Crippen LogP contribution in [0.4, 0.5) is 0 Å². The molecule has 2 rings (SSSR count). The normalized spacial score (nSPS) is 15.2. The third-order valence-electron chi connectivity index (χ3n) is 2.99. The molecule has 1 aromatic rings. The molecule has 0 atom stereocenters. The fourth-order valence-corrected chi connectivity index (χ4v) is 3.47. The topological polar surface area (TPSA) is 118 Å². The lowest BCUT2D eigenvalue weighted by molar-refractivity contribution is -0.137. The van der Waals surface area contributed by atoms with E-state index in [0.29, 0.717) is 12.8 Å². The van der Waals surface area contributed by atoms with Crippen molar-refractivity contribution in [2.45, 2.75) is 23.8 Å². The van der Waals surface area contributed by atoms with Crippen LogP contribution in [0.1, 0.15) is 23.2 Å². The van der Waals surface area contributed by atoms with Gasteiger partial charge >= 0.3 is 5.97 Å². The zero-order valence-electron chi connectivity index (χ0n) is 10.5. The smallest absolute Gasteiger partial charge is 0.318 e. The molecule has 3 N–H and O–H groups in total. The molecule has 0 spiro atoms. The van der Waals surface area contributed by atoms with Crippen LogP contribution in [-0.2, 0) is 14.8 Å². The van der Waals surface area contributed by atoms with Gasteiger partial charge < -0.3 is 10.8 Å². The van der Waals surface area contributed by atoms with Crippen molar-refractivity contribution in [3.63, 3.8) is 0 Å². The first-order valence-electron chi connectivity index (χ1n) is 5.96.